The van der Waals surface area contributed by atoms with Gasteiger partial charge < -0.3 is 20.1 Å². The van der Waals surface area contributed by atoms with E-state index in [-0.39, 0.29) is 11.6 Å². The first kappa shape index (κ1) is 27.4. The van der Waals surface area contributed by atoms with Crippen molar-refractivity contribution in [2.45, 2.75) is 18.9 Å². The Bertz CT molecular complexity index is 1380. The minimum atomic E-state index is -0.694. The molecule has 2 N–H and O–H groups in total. The molecular weight excluding hydrogens is 495 g/mol. The second-order valence-electron chi connectivity index (χ2n) is 8.95. The predicted molar refractivity (Wildman–Crippen MR) is 151 cm³/mol. The normalized spacial score (nSPS) is 11.3. The summed E-state index contributed by atoms with van der Waals surface area (Å²) < 4.78 is 24.1. The monoisotopic (exact) mass is 526 g/mol. The zero-order valence-corrected chi connectivity index (χ0v) is 21.7. The van der Waals surface area contributed by atoms with Crippen molar-refractivity contribution in [1.29, 1.82) is 0 Å². The number of esters is 1. The summed E-state index contributed by atoms with van der Waals surface area (Å²) in [6.07, 6.45) is 1.10. The van der Waals surface area contributed by atoms with Gasteiger partial charge in [-0.05, 0) is 54.4 Å². The molecule has 0 aliphatic carbocycles. The van der Waals surface area contributed by atoms with Crippen LogP contribution in [0.25, 0.3) is 0 Å². The number of halogens is 1. The Morgan fingerprint density at radius 1 is 0.872 bits per heavy atom. The van der Waals surface area contributed by atoms with Crippen LogP contribution in [0.15, 0.2) is 103 Å². The van der Waals surface area contributed by atoms with Crippen LogP contribution in [-0.4, -0.2) is 38.1 Å². The minimum absolute atomic E-state index is 0.130. The Morgan fingerprint density at radius 2 is 1.62 bits per heavy atom. The predicted octanol–water partition coefficient (Wildman–Crippen LogP) is 6.13. The lowest BCUT2D eigenvalue weighted by Gasteiger charge is -2.20. The largest absolute Gasteiger partial charge is 0.494 e. The summed E-state index contributed by atoms with van der Waals surface area (Å²) in [4.78, 5) is 25.7. The van der Waals surface area contributed by atoms with Gasteiger partial charge in [0.05, 0.1) is 13.7 Å². The van der Waals surface area contributed by atoms with E-state index in [9.17, 15) is 14.0 Å². The van der Waals surface area contributed by atoms with Crippen LogP contribution in [0, 0.1) is 5.82 Å². The van der Waals surface area contributed by atoms with E-state index in [1.807, 2.05) is 54.6 Å². The molecule has 0 spiro atoms. The van der Waals surface area contributed by atoms with Crippen LogP contribution in [0.2, 0.25) is 0 Å². The van der Waals surface area contributed by atoms with Gasteiger partial charge in [0.2, 0.25) is 0 Å². The summed E-state index contributed by atoms with van der Waals surface area (Å²) in [5, 5.41) is 6.39. The molecule has 0 bridgehead atoms. The summed E-state index contributed by atoms with van der Waals surface area (Å²) >= 11 is 0. The number of ether oxygens (including phenoxy) is 2. The lowest BCUT2D eigenvalue weighted by atomic mass is 10.00. The molecule has 0 amide bonds. The Hall–Kier alpha value is -4.65. The van der Waals surface area contributed by atoms with Crippen molar-refractivity contribution < 1.29 is 23.5 Å². The van der Waals surface area contributed by atoms with Crippen molar-refractivity contribution >= 4 is 23.1 Å². The average Bonchev–Trinajstić information content (AvgIpc) is 2.97. The second kappa shape index (κ2) is 13.8. The molecule has 0 fully saturated rings. The lowest BCUT2D eigenvalue weighted by molar-refractivity contribution is -0.141. The summed E-state index contributed by atoms with van der Waals surface area (Å²) in [5.74, 6) is -0.116. The number of carbonyl (C=O) groups excluding carboxylic acids is 2. The van der Waals surface area contributed by atoms with Crippen LogP contribution in [0.5, 0.6) is 5.75 Å². The summed E-state index contributed by atoms with van der Waals surface area (Å²) in [6.45, 7) is 1.16. The number of para-hydroxylation sites is 1. The minimum Gasteiger partial charge on any atom is -0.494 e. The van der Waals surface area contributed by atoms with Crippen molar-refractivity contribution in [3.8, 4) is 5.75 Å². The molecular formula is C32H31FN2O4. The average molecular weight is 527 g/mol. The van der Waals surface area contributed by atoms with Gasteiger partial charge >= 0.3 is 5.97 Å². The van der Waals surface area contributed by atoms with Crippen molar-refractivity contribution in [3.05, 3.63) is 126 Å². The van der Waals surface area contributed by atoms with Gasteiger partial charge in [0.1, 0.15) is 17.6 Å². The molecule has 0 unspecified atom stereocenters. The highest BCUT2D eigenvalue weighted by molar-refractivity contribution is 6.12. The second-order valence-corrected chi connectivity index (χ2v) is 8.95. The number of rotatable bonds is 13. The fraction of sp³-hybridized carbons (Fsp3) is 0.188. The fourth-order valence-electron chi connectivity index (χ4n) is 4.13. The Kier molecular flexibility index (Phi) is 9.67. The molecule has 200 valence electrons. The molecule has 6 nitrogen and oxygen atoms in total. The van der Waals surface area contributed by atoms with Gasteiger partial charge in [0, 0.05) is 35.5 Å². The number of hydrogen-bond donors (Lipinski definition) is 2. The molecule has 4 rings (SSSR count). The van der Waals surface area contributed by atoms with Crippen LogP contribution < -0.4 is 15.4 Å². The summed E-state index contributed by atoms with van der Waals surface area (Å²) in [7, 11) is 1.35. The maximum Gasteiger partial charge on any atom is 0.328 e. The molecule has 4 aromatic carbocycles. The maximum atomic E-state index is 13.3. The van der Waals surface area contributed by atoms with Crippen LogP contribution in [0.1, 0.15) is 27.9 Å². The smallest absolute Gasteiger partial charge is 0.328 e. The van der Waals surface area contributed by atoms with Gasteiger partial charge in [-0.1, -0.05) is 60.7 Å². The molecule has 0 saturated heterocycles. The number of nitrogens with one attached hydrogen (secondary N) is 2. The van der Waals surface area contributed by atoms with Gasteiger partial charge in [-0.2, -0.15) is 0 Å². The standard InChI is InChI=1S/C32H31FN2O4/c1-38-32(37)30(35-29-14-6-5-13-28(29)31(36)24-9-3-2-4-10-24)21-23-15-17-27(18-16-23)39-20-8-19-34-26-12-7-11-25(33)22-26/h2-7,9-18,22,30,34-35H,8,19-21H2,1H3/t30-/m0/s1. The molecule has 0 aromatic heterocycles. The first-order valence-corrected chi connectivity index (χ1v) is 12.8. The SMILES string of the molecule is COC(=O)[C@H](Cc1ccc(OCCCNc2cccc(F)c2)cc1)Nc1ccccc1C(=O)c1ccccc1. The van der Waals surface area contributed by atoms with E-state index in [2.05, 4.69) is 10.6 Å². The van der Waals surface area contributed by atoms with Crippen LogP contribution >= 0.6 is 0 Å². The first-order valence-electron chi connectivity index (χ1n) is 12.8. The van der Waals surface area contributed by atoms with E-state index in [0.717, 1.165) is 17.7 Å². The van der Waals surface area contributed by atoms with E-state index < -0.39 is 12.0 Å². The topological polar surface area (TPSA) is 76.7 Å². The zero-order valence-electron chi connectivity index (χ0n) is 21.7. The number of ketones is 1. The Labute approximate surface area is 227 Å². The highest BCUT2D eigenvalue weighted by Gasteiger charge is 2.22. The fourth-order valence-corrected chi connectivity index (χ4v) is 4.13. The summed E-state index contributed by atoms with van der Waals surface area (Å²) in [5.41, 5.74) is 3.26. The quantitative estimate of drug-likeness (QED) is 0.124. The highest BCUT2D eigenvalue weighted by Crippen LogP contribution is 2.22. The number of methoxy groups -OCH3 is 1. The Balaban J connectivity index is 1.34. The van der Waals surface area contributed by atoms with E-state index in [1.54, 1.807) is 36.4 Å². The van der Waals surface area contributed by atoms with Crippen LogP contribution in [-0.2, 0) is 16.0 Å². The molecule has 0 aliphatic rings. The number of hydrogen-bond acceptors (Lipinski definition) is 6. The zero-order chi connectivity index (χ0) is 27.5. The van der Waals surface area contributed by atoms with Gasteiger partial charge in [-0.3, -0.25) is 4.79 Å². The maximum absolute atomic E-state index is 13.3. The molecule has 0 radical (unpaired) electrons. The third kappa shape index (κ3) is 7.92. The van der Waals surface area contributed by atoms with Gasteiger partial charge in [0.15, 0.2) is 5.78 Å². The van der Waals surface area contributed by atoms with Crippen LogP contribution in [0.3, 0.4) is 0 Å². The van der Waals surface area contributed by atoms with E-state index in [1.165, 1.54) is 19.2 Å². The van der Waals surface area contributed by atoms with Crippen molar-refractivity contribution in [1.82, 2.24) is 0 Å². The lowest BCUT2D eigenvalue weighted by Crippen LogP contribution is -2.33. The molecule has 0 aliphatic heterocycles. The number of anilines is 2. The molecule has 0 heterocycles. The number of benzene rings is 4. The first-order chi connectivity index (χ1) is 19.0. The summed E-state index contributed by atoms with van der Waals surface area (Å²) in [6, 6.07) is 29.3. The van der Waals surface area contributed by atoms with E-state index >= 15 is 0 Å². The van der Waals surface area contributed by atoms with Crippen molar-refractivity contribution in [2.75, 3.05) is 30.9 Å². The molecule has 4 aromatic rings. The van der Waals surface area contributed by atoms with E-state index in [0.29, 0.717) is 42.1 Å². The van der Waals surface area contributed by atoms with Crippen LogP contribution in [0.4, 0.5) is 15.8 Å². The molecule has 39 heavy (non-hydrogen) atoms. The molecule has 7 heteroatoms. The van der Waals surface area contributed by atoms with Gasteiger partial charge in [0.25, 0.3) is 0 Å². The van der Waals surface area contributed by atoms with Gasteiger partial charge in [-0.15, -0.1) is 0 Å². The third-order valence-corrected chi connectivity index (χ3v) is 6.13. The van der Waals surface area contributed by atoms with Crippen molar-refractivity contribution in [3.63, 3.8) is 0 Å². The van der Waals surface area contributed by atoms with Gasteiger partial charge in [-0.25, -0.2) is 9.18 Å². The highest BCUT2D eigenvalue weighted by atomic mass is 19.1. The number of carbonyl (C=O) groups is 2. The molecule has 0 saturated carbocycles. The third-order valence-electron chi connectivity index (χ3n) is 6.13. The Morgan fingerprint density at radius 3 is 2.36 bits per heavy atom. The molecule has 1 atom stereocenters. The van der Waals surface area contributed by atoms with E-state index in [4.69, 9.17) is 9.47 Å². The van der Waals surface area contributed by atoms with Crippen molar-refractivity contribution in [2.24, 2.45) is 0 Å².